The highest BCUT2D eigenvalue weighted by Crippen LogP contribution is 2.40. The van der Waals surface area contributed by atoms with Crippen molar-refractivity contribution in [1.29, 1.82) is 0 Å². The molecule has 1 saturated heterocycles. The molecule has 26 heavy (non-hydrogen) atoms. The molecule has 1 heterocycles. The van der Waals surface area contributed by atoms with Gasteiger partial charge in [0, 0.05) is 45.9 Å². The highest BCUT2D eigenvalue weighted by Gasteiger charge is 2.34. The van der Waals surface area contributed by atoms with Crippen LogP contribution in [0.15, 0.2) is 4.99 Å². The van der Waals surface area contributed by atoms with Gasteiger partial charge in [-0.05, 0) is 44.4 Å². The van der Waals surface area contributed by atoms with Crippen molar-refractivity contribution in [3.63, 3.8) is 0 Å². The van der Waals surface area contributed by atoms with Crippen LogP contribution in [0.5, 0.6) is 0 Å². The van der Waals surface area contributed by atoms with Gasteiger partial charge in [-0.25, -0.2) is 8.42 Å². The Balaban J connectivity index is 1.83. The van der Waals surface area contributed by atoms with Crippen LogP contribution in [0.3, 0.4) is 0 Å². The number of sulfonamides is 1. The average Bonchev–Trinajstić information content (AvgIpc) is 3.25. The third-order valence-electron chi connectivity index (χ3n) is 5.75. The summed E-state index contributed by atoms with van der Waals surface area (Å²) >= 11 is 0. The van der Waals surface area contributed by atoms with Gasteiger partial charge < -0.3 is 15.4 Å². The van der Waals surface area contributed by atoms with Gasteiger partial charge in [0.2, 0.25) is 10.0 Å². The second kappa shape index (κ2) is 9.90. The Kier molecular flexibility index (Phi) is 8.16. The molecule has 0 spiro atoms. The second-order valence-corrected chi connectivity index (χ2v) is 9.57. The zero-order valence-corrected chi connectivity index (χ0v) is 17.4. The second-order valence-electron chi connectivity index (χ2n) is 7.63. The molecule has 0 amide bonds. The van der Waals surface area contributed by atoms with Crippen LogP contribution in [0.2, 0.25) is 0 Å². The molecule has 2 fully saturated rings. The van der Waals surface area contributed by atoms with Gasteiger partial charge in [0.05, 0.1) is 6.26 Å². The van der Waals surface area contributed by atoms with Crippen LogP contribution in [-0.4, -0.2) is 70.9 Å². The highest BCUT2D eigenvalue weighted by atomic mass is 32.2. The maximum atomic E-state index is 11.9. The summed E-state index contributed by atoms with van der Waals surface area (Å²) in [4.78, 5) is 4.32. The SMILES string of the molecule is CCOCCC1(CNC(=NC)NC[C@H]2CCCN2S(C)(=O)=O)CCCC1. The lowest BCUT2D eigenvalue weighted by Crippen LogP contribution is -2.48. The minimum absolute atomic E-state index is 0.0157. The summed E-state index contributed by atoms with van der Waals surface area (Å²) in [6.45, 7) is 5.73. The predicted octanol–water partition coefficient (Wildman–Crippen LogP) is 1.56. The van der Waals surface area contributed by atoms with Crippen molar-refractivity contribution in [2.45, 2.75) is 57.9 Å². The molecule has 0 aromatic carbocycles. The first kappa shape index (κ1) is 21.4. The van der Waals surface area contributed by atoms with E-state index in [9.17, 15) is 8.42 Å². The van der Waals surface area contributed by atoms with Crippen molar-refractivity contribution in [2.75, 3.05) is 46.2 Å². The molecule has 1 atom stereocenters. The molecule has 0 bridgehead atoms. The molecule has 2 rings (SSSR count). The Labute approximate surface area is 159 Å². The van der Waals surface area contributed by atoms with Crippen LogP contribution < -0.4 is 10.6 Å². The number of nitrogens with zero attached hydrogens (tertiary/aromatic N) is 2. The van der Waals surface area contributed by atoms with Crippen LogP contribution >= 0.6 is 0 Å². The van der Waals surface area contributed by atoms with Crippen LogP contribution in [0.4, 0.5) is 0 Å². The minimum atomic E-state index is -3.14. The molecular formula is C18H36N4O3S. The van der Waals surface area contributed by atoms with Gasteiger partial charge >= 0.3 is 0 Å². The third-order valence-corrected chi connectivity index (χ3v) is 7.09. The molecule has 0 aromatic rings. The van der Waals surface area contributed by atoms with Crippen LogP contribution in [0, 0.1) is 5.41 Å². The minimum Gasteiger partial charge on any atom is -0.382 e. The summed E-state index contributed by atoms with van der Waals surface area (Å²) in [5, 5.41) is 6.80. The standard InChI is InChI=1S/C18H36N4O3S/c1-4-25-13-11-18(9-5-6-10-18)15-21-17(19-2)20-14-16-8-7-12-22(16)26(3,23)24/h16H,4-15H2,1-3H3,(H2,19,20,21)/t16-/m1/s1. The number of guanidine groups is 1. The van der Waals surface area contributed by atoms with Gasteiger partial charge in [0.25, 0.3) is 0 Å². The maximum Gasteiger partial charge on any atom is 0.211 e. The van der Waals surface area contributed by atoms with Crippen molar-refractivity contribution in [3.05, 3.63) is 0 Å². The maximum absolute atomic E-state index is 11.9. The van der Waals surface area contributed by atoms with Gasteiger partial charge in [-0.3, -0.25) is 4.99 Å². The van der Waals surface area contributed by atoms with Crippen molar-refractivity contribution in [3.8, 4) is 0 Å². The van der Waals surface area contributed by atoms with E-state index in [-0.39, 0.29) is 6.04 Å². The van der Waals surface area contributed by atoms with E-state index in [0.29, 0.717) is 18.5 Å². The zero-order chi connectivity index (χ0) is 19.0. The molecule has 0 radical (unpaired) electrons. The molecule has 0 aromatic heterocycles. The zero-order valence-electron chi connectivity index (χ0n) is 16.6. The Morgan fingerprint density at radius 1 is 1.27 bits per heavy atom. The molecule has 1 aliphatic heterocycles. The summed E-state index contributed by atoms with van der Waals surface area (Å²) in [6, 6.07) is 0.0157. The lowest BCUT2D eigenvalue weighted by atomic mass is 9.83. The first-order valence-corrected chi connectivity index (χ1v) is 11.7. The first-order chi connectivity index (χ1) is 12.4. The molecule has 8 heteroatoms. The van der Waals surface area contributed by atoms with Crippen LogP contribution in [0.25, 0.3) is 0 Å². The molecular weight excluding hydrogens is 352 g/mol. The van der Waals surface area contributed by atoms with E-state index in [1.54, 1.807) is 11.4 Å². The van der Waals surface area contributed by atoms with Crippen LogP contribution in [-0.2, 0) is 14.8 Å². The van der Waals surface area contributed by atoms with Gasteiger partial charge in [0.15, 0.2) is 5.96 Å². The Bertz CT molecular complexity index is 559. The first-order valence-electron chi connectivity index (χ1n) is 9.89. The number of ether oxygens (including phenoxy) is 1. The van der Waals surface area contributed by atoms with Crippen molar-refractivity contribution >= 4 is 16.0 Å². The highest BCUT2D eigenvalue weighted by molar-refractivity contribution is 7.88. The van der Waals surface area contributed by atoms with Crippen molar-refractivity contribution in [1.82, 2.24) is 14.9 Å². The lowest BCUT2D eigenvalue weighted by molar-refractivity contribution is 0.105. The number of aliphatic imine (C=N–C) groups is 1. The molecule has 1 aliphatic carbocycles. The number of nitrogens with one attached hydrogen (secondary N) is 2. The largest absolute Gasteiger partial charge is 0.382 e. The van der Waals surface area contributed by atoms with Crippen LogP contribution in [0.1, 0.15) is 51.9 Å². The Morgan fingerprint density at radius 2 is 2.00 bits per heavy atom. The molecule has 0 unspecified atom stereocenters. The third kappa shape index (κ3) is 6.09. The molecule has 152 valence electrons. The van der Waals surface area contributed by atoms with Crippen molar-refractivity contribution in [2.24, 2.45) is 10.4 Å². The van der Waals surface area contributed by atoms with Gasteiger partial charge in [-0.15, -0.1) is 0 Å². The van der Waals surface area contributed by atoms with Gasteiger partial charge in [0.1, 0.15) is 0 Å². The predicted molar refractivity (Wildman–Crippen MR) is 106 cm³/mol. The molecule has 2 N–H and O–H groups in total. The summed E-state index contributed by atoms with van der Waals surface area (Å²) in [7, 11) is -1.37. The Hall–Kier alpha value is -0.860. The molecule has 7 nitrogen and oxygen atoms in total. The number of rotatable bonds is 9. The van der Waals surface area contributed by atoms with E-state index < -0.39 is 10.0 Å². The van der Waals surface area contributed by atoms with Crippen molar-refractivity contribution < 1.29 is 13.2 Å². The normalized spacial score (nSPS) is 24.1. The van der Waals surface area contributed by atoms with E-state index in [4.69, 9.17) is 4.74 Å². The summed E-state index contributed by atoms with van der Waals surface area (Å²) < 4.78 is 30.9. The summed E-state index contributed by atoms with van der Waals surface area (Å²) in [5.41, 5.74) is 0.291. The van der Waals surface area contributed by atoms with E-state index in [1.807, 2.05) is 6.92 Å². The fraction of sp³-hybridized carbons (Fsp3) is 0.944. The molecule has 2 aliphatic rings. The lowest BCUT2D eigenvalue weighted by Gasteiger charge is -2.30. The monoisotopic (exact) mass is 388 g/mol. The van der Waals surface area contributed by atoms with E-state index in [2.05, 4.69) is 15.6 Å². The van der Waals surface area contributed by atoms with E-state index in [0.717, 1.165) is 45.0 Å². The van der Waals surface area contributed by atoms with E-state index in [1.165, 1.54) is 31.9 Å². The fourth-order valence-corrected chi connectivity index (χ4v) is 5.41. The quantitative estimate of drug-likeness (QED) is 0.356. The van der Waals surface area contributed by atoms with E-state index >= 15 is 0 Å². The molecule has 1 saturated carbocycles. The van der Waals surface area contributed by atoms with Gasteiger partial charge in [-0.2, -0.15) is 4.31 Å². The van der Waals surface area contributed by atoms with Gasteiger partial charge in [-0.1, -0.05) is 12.8 Å². The topological polar surface area (TPSA) is 83.0 Å². The summed E-state index contributed by atoms with van der Waals surface area (Å²) in [5.74, 6) is 0.757. The Morgan fingerprint density at radius 3 is 2.62 bits per heavy atom. The number of hydrogen-bond acceptors (Lipinski definition) is 4. The smallest absolute Gasteiger partial charge is 0.211 e. The number of hydrogen-bond donors (Lipinski definition) is 2. The summed E-state index contributed by atoms with van der Waals surface area (Å²) in [6.07, 6.45) is 9.22. The fourth-order valence-electron chi connectivity index (χ4n) is 4.23. The average molecular weight is 389 g/mol.